The second-order valence-electron chi connectivity index (χ2n) is 5.73. The number of benzene rings is 1. The lowest BCUT2D eigenvalue weighted by Gasteiger charge is -2.21. The summed E-state index contributed by atoms with van der Waals surface area (Å²) in [5.41, 5.74) is 3.55. The first-order chi connectivity index (χ1) is 12.0. The number of aromatic nitrogens is 2. The van der Waals surface area contributed by atoms with Crippen LogP contribution in [0, 0.1) is 6.92 Å². The van der Waals surface area contributed by atoms with Gasteiger partial charge in [0.1, 0.15) is 0 Å². The Morgan fingerprint density at radius 3 is 2.64 bits per heavy atom. The van der Waals surface area contributed by atoms with Crippen LogP contribution in [0.15, 0.2) is 22.5 Å². The Balaban J connectivity index is 2.07. The molecule has 1 N–H and O–H groups in total. The number of para-hydroxylation sites is 1. The Labute approximate surface area is 158 Å². The number of rotatable bonds is 8. The number of aryl methyl sites for hydroxylation is 2. The maximum Gasteiger partial charge on any atom is 0.235 e. The summed E-state index contributed by atoms with van der Waals surface area (Å²) in [5.74, 6) is 0.145. The summed E-state index contributed by atoms with van der Waals surface area (Å²) in [6, 6.07) is 6.28. The van der Waals surface area contributed by atoms with Gasteiger partial charge in [-0.15, -0.1) is 10.2 Å². The van der Waals surface area contributed by atoms with Crippen LogP contribution < -0.4 is 5.32 Å². The Morgan fingerprint density at radius 1 is 1.28 bits per heavy atom. The van der Waals surface area contributed by atoms with E-state index in [9.17, 15) is 4.79 Å². The zero-order chi connectivity index (χ0) is 18.4. The number of nitrogens with zero attached hydrogens (tertiary/aromatic N) is 3. The number of hydrogen-bond acceptors (Lipinski definition) is 6. The summed E-state index contributed by atoms with van der Waals surface area (Å²) in [4.78, 5) is 14.2. The van der Waals surface area contributed by atoms with Crippen molar-refractivity contribution in [3.8, 4) is 0 Å². The number of amides is 1. The Bertz CT molecular complexity index is 713. The van der Waals surface area contributed by atoms with Crippen LogP contribution >= 0.6 is 23.1 Å². The summed E-state index contributed by atoms with van der Waals surface area (Å²) in [7, 11) is 0. The third-order valence-electron chi connectivity index (χ3n) is 4.08. The molecule has 0 aliphatic rings. The fourth-order valence-corrected chi connectivity index (χ4v) is 4.60. The van der Waals surface area contributed by atoms with Crippen molar-refractivity contribution < 1.29 is 4.79 Å². The molecule has 0 saturated heterocycles. The third kappa shape index (κ3) is 4.95. The molecule has 25 heavy (non-hydrogen) atoms. The Kier molecular flexibility index (Phi) is 7.25. The summed E-state index contributed by atoms with van der Waals surface area (Å²) in [6.45, 7) is 11.6. The van der Waals surface area contributed by atoms with Gasteiger partial charge in [0, 0.05) is 18.8 Å². The molecule has 2 aromatic rings. The van der Waals surface area contributed by atoms with Crippen LogP contribution in [0.4, 0.5) is 10.8 Å². The molecule has 0 spiro atoms. The molecule has 0 aliphatic carbocycles. The molecule has 1 aromatic carbocycles. The molecule has 0 radical (unpaired) electrons. The molecule has 1 unspecified atom stereocenters. The van der Waals surface area contributed by atoms with Gasteiger partial charge in [-0.3, -0.25) is 4.79 Å². The van der Waals surface area contributed by atoms with Crippen molar-refractivity contribution in [3.63, 3.8) is 0 Å². The van der Waals surface area contributed by atoms with Crippen molar-refractivity contribution in [1.82, 2.24) is 15.1 Å². The van der Waals surface area contributed by atoms with E-state index in [0.717, 1.165) is 34.7 Å². The van der Waals surface area contributed by atoms with E-state index in [0.29, 0.717) is 0 Å². The number of thioether (sulfide) groups is 1. The van der Waals surface area contributed by atoms with Crippen molar-refractivity contribution in [1.29, 1.82) is 0 Å². The maximum absolute atomic E-state index is 12.4. The molecule has 7 heteroatoms. The highest BCUT2D eigenvalue weighted by molar-refractivity contribution is 8.02. The molecular weight excluding hydrogens is 352 g/mol. The average Bonchev–Trinajstić information content (AvgIpc) is 3.04. The van der Waals surface area contributed by atoms with Crippen molar-refractivity contribution in [2.24, 2.45) is 0 Å². The van der Waals surface area contributed by atoms with Gasteiger partial charge >= 0.3 is 0 Å². The number of anilines is 2. The van der Waals surface area contributed by atoms with Crippen molar-refractivity contribution >= 4 is 39.8 Å². The average molecular weight is 379 g/mol. The minimum atomic E-state index is -0.162. The van der Waals surface area contributed by atoms with Crippen LogP contribution in [0.3, 0.4) is 0 Å². The standard InChI is InChI=1S/C18H26N4OS2/c1-6-14-11-9-10-12(4)15(14)19-17-20-21-18(25-17)24-13(5)16(23)22(7-2)8-3/h9-11,13H,6-8H2,1-5H3,(H,19,20). The minimum absolute atomic E-state index is 0.145. The lowest BCUT2D eigenvalue weighted by atomic mass is 10.1. The van der Waals surface area contributed by atoms with Gasteiger partial charge in [0.2, 0.25) is 11.0 Å². The summed E-state index contributed by atoms with van der Waals surface area (Å²) in [6.07, 6.45) is 0.958. The van der Waals surface area contributed by atoms with Crippen LogP contribution in [-0.2, 0) is 11.2 Å². The lowest BCUT2D eigenvalue weighted by molar-refractivity contribution is -0.129. The van der Waals surface area contributed by atoms with E-state index in [4.69, 9.17) is 0 Å². The smallest absolute Gasteiger partial charge is 0.235 e. The maximum atomic E-state index is 12.4. The van der Waals surface area contributed by atoms with Crippen LogP contribution in [0.1, 0.15) is 38.8 Å². The SMILES string of the molecule is CCc1cccc(C)c1Nc1nnc(SC(C)C(=O)N(CC)CC)s1. The third-order valence-corrected chi connectivity index (χ3v) is 6.09. The second kappa shape index (κ2) is 9.20. The molecular formula is C18H26N4OS2. The first kappa shape index (κ1) is 19.7. The van der Waals surface area contributed by atoms with Gasteiger partial charge < -0.3 is 10.2 Å². The quantitative estimate of drug-likeness (QED) is 0.685. The first-order valence-corrected chi connectivity index (χ1v) is 10.3. The van der Waals surface area contributed by atoms with Crippen LogP contribution in [0.5, 0.6) is 0 Å². The Hall–Kier alpha value is -1.60. The molecule has 0 bridgehead atoms. The first-order valence-electron chi connectivity index (χ1n) is 8.64. The normalized spacial score (nSPS) is 12.0. The largest absolute Gasteiger partial charge is 0.342 e. The topological polar surface area (TPSA) is 58.1 Å². The predicted octanol–water partition coefficient (Wildman–Crippen LogP) is 4.50. The van der Waals surface area contributed by atoms with Gasteiger partial charge in [-0.1, -0.05) is 48.2 Å². The molecule has 5 nitrogen and oxygen atoms in total. The molecule has 1 heterocycles. The molecule has 0 saturated carbocycles. The van der Waals surface area contributed by atoms with E-state index in [1.165, 1.54) is 34.2 Å². The summed E-state index contributed by atoms with van der Waals surface area (Å²) >= 11 is 2.96. The molecule has 2 rings (SSSR count). The fourth-order valence-electron chi connectivity index (χ4n) is 2.61. The fraction of sp³-hybridized carbons (Fsp3) is 0.500. The predicted molar refractivity (Wildman–Crippen MR) is 107 cm³/mol. The van der Waals surface area contributed by atoms with Crippen molar-refractivity contribution in [2.75, 3.05) is 18.4 Å². The highest BCUT2D eigenvalue weighted by atomic mass is 32.2. The van der Waals surface area contributed by atoms with Gasteiger partial charge in [-0.25, -0.2) is 0 Å². The van der Waals surface area contributed by atoms with E-state index < -0.39 is 0 Å². The van der Waals surface area contributed by atoms with Gasteiger partial charge in [0.15, 0.2) is 4.34 Å². The second-order valence-corrected chi connectivity index (χ2v) is 8.30. The molecule has 0 aliphatic heterocycles. The number of nitrogens with one attached hydrogen (secondary N) is 1. The van der Waals surface area contributed by atoms with E-state index >= 15 is 0 Å². The molecule has 136 valence electrons. The van der Waals surface area contributed by atoms with E-state index in [1.807, 2.05) is 25.7 Å². The van der Waals surface area contributed by atoms with Crippen molar-refractivity contribution in [3.05, 3.63) is 29.3 Å². The Morgan fingerprint density at radius 2 is 2.00 bits per heavy atom. The van der Waals surface area contributed by atoms with Gasteiger partial charge in [0.25, 0.3) is 0 Å². The van der Waals surface area contributed by atoms with Crippen LogP contribution in [0.25, 0.3) is 0 Å². The van der Waals surface area contributed by atoms with Crippen molar-refractivity contribution in [2.45, 2.75) is 50.6 Å². The monoisotopic (exact) mass is 378 g/mol. The van der Waals surface area contributed by atoms with Gasteiger partial charge in [-0.2, -0.15) is 0 Å². The minimum Gasteiger partial charge on any atom is -0.342 e. The number of carbonyl (C=O) groups excluding carboxylic acids is 1. The summed E-state index contributed by atoms with van der Waals surface area (Å²) < 4.78 is 0.808. The summed E-state index contributed by atoms with van der Waals surface area (Å²) in [5, 5.41) is 12.5. The lowest BCUT2D eigenvalue weighted by Crippen LogP contribution is -2.36. The van der Waals surface area contributed by atoms with E-state index in [2.05, 4.69) is 47.6 Å². The highest BCUT2D eigenvalue weighted by Crippen LogP contribution is 2.32. The van der Waals surface area contributed by atoms with Gasteiger partial charge in [-0.05, 0) is 45.2 Å². The number of hydrogen-bond donors (Lipinski definition) is 1. The van der Waals surface area contributed by atoms with E-state index in [1.54, 1.807) is 0 Å². The molecule has 0 fully saturated rings. The van der Waals surface area contributed by atoms with Gasteiger partial charge in [0.05, 0.1) is 5.25 Å². The van der Waals surface area contributed by atoms with Crippen LogP contribution in [0.2, 0.25) is 0 Å². The number of carbonyl (C=O) groups is 1. The zero-order valence-corrected chi connectivity index (χ0v) is 17.1. The van der Waals surface area contributed by atoms with Crippen LogP contribution in [-0.4, -0.2) is 39.3 Å². The molecule has 1 atom stereocenters. The molecule has 1 amide bonds. The zero-order valence-electron chi connectivity index (χ0n) is 15.5. The highest BCUT2D eigenvalue weighted by Gasteiger charge is 2.21. The molecule has 1 aromatic heterocycles. The van der Waals surface area contributed by atoms with E-state index in [-0.39, 0.29) is 11.2 Å².